The largest absolute Gasteiger partial charge is 0.492 e. The van der Waals surface area contributed by atoms with Gasteiger partial charge in [0.25, 0.3) is 10.0 Å². The molecule has 4 nitrogen and oxygen atoms in total. The maximum absolute atomic E-state index is 13.4. The van der Waals surface area contributed by atoms with Crippen LogP contribution in [0.25, 0.3) is 0 Å². The Morgan fingerprint density at radius 2 is 1.64 bits per heavy atom. The molecule has 2 aromatic carbocycles. The van der Waals surface area contributed by atoms with E-state index in [-0.39, 0.29) is 15.7 Å². The molecule has 33 heavy (non-hydrogen) atoms. The summed E-state index contributed by atoms with van der Waals surface area (Å²) in [5.74, 6) is 0.405. The van der Waals surface area contributed by atoms with Crippen LogP contribution in [0.5, 0.6) is 5.75 Å². The zero-order valence-electron chi connectivity index (χ0n) is 21.3. The fraction of sp³-hybridized carbons (Fsp3) is 0.571. The first-order valence-corrected chi connectivity index (χ1v) is 13.7. The van der Waals surface area contributed by atoms with Gasteiger partial charge in [0.2, 0.25) is 0 Å². The van der Waals surface area contributed by atoms with E-state index in [4.69, 9.17) is 4.74 Å². The van der Waals surface area contributed by atoms with E-state index in [1.165, 1.54) is 25.7 Å². The van der Waals surface area contributed by atoms with Crippen molar-refractivity contribution in [3.8, 4) is 5.75 Å². The number of sulfonamides is 1. The van der Waals surface area contributed by atoms with E-state index >= 15 is 0 Å². The third kappa shape index (κ3) is 9.04. The molecule has 1 N–H and O–H groups in total. The summed E-state index contributed by atoms with van der Waals surface area (Å²) in [5, 5.41) is 0. The highest BCUT2D eigenvalue weighted by Gasteiger charge is 2.30. The predicted molar refractivity (Wildman–Crippen MR) is 138 cm³/mol. The van der Waals surface area contributed by atoms with Gasteiger partial charge in [-0.05, 0) is 47.4 Å². The monoisotopic (exact) mass is 472 g/mol. The average Bonchev–Trinajstić information content (AvgIpc) is 2.72. The van der Waals surface area contributed by atoms with Gasteiger partial charge in [-0.15, -0.1) is 0 Å². The van der Waals surface area contributed by atoms with Gasteiger partial charge in [-0.25, -0.2) is 8.42 Å². The van der Waals surface area contributed by atoms with Crippen molar-refractivity contribution in [1.29, 1.82) is 0 Å². The zero-order valence-corrected chi connectivity index (χ0v) is 22.1. The molecule has 0 aromatic heterocycles. The second-order valence-electron chi connectivity index (χ2n) is 10.8. The van der Waals surface area contributed by atoms with Crippen molar-refractivity contribution in [2.24, 2.45) is 5.41 Å². The molecule has 0 heterocycles. The number of anilines is 1. The molecule has 0 saturated heterocycles. The lowest BCUT2D eigenvalue weighted by Crippen LogP contribution is -2.25. The van der Waals surface area contributed by atoms with Crippen LogP contribution in [0.3, 0.4) is 0 Å². The van der Waals surface area contributed by atoms with E-state index < -0.39 is 10.0 Å². The molecular weight excluding hydrogens is 430 g/mol. The molecule has 0 amide bonds. The van der Waals surface area contributed by atoms with Gasteiger partial charge in [-0.3, -0.25) is 4.72 Å². The number of benzene rings is 2. The standard InChI is InChI=1S/C28H42NO3S/c1-7-8-9-10-11-15-20-32-25-19-18-23(28(5,6)22-27(2,3)4)21-26(25)33(30,31)29-24-16-13-12-14-17-24/h12-14,16,18-19,21,29H,7-11,15,20,22H2,1-6H3. The summed E-state index contributed by atoms with van der Waals surface area (Å²) in [7, 11) is -3.83. The number of hydrogen-bond donors (Lipinski definition) is 1. The molecule has 0 aliphatic rings. The molecular formula is C28H42NO3S. The minimum Gasteiger partial charge on any atom is -0.492 e. The second kappa shape index (κ2) is 11.9. The van der Waals surface area contributed by atoms with Crippen LogP contribution in [0.1, 0.15) is 92.1 Å². The van der Waals surface area contributed by atoms with E-state index in [2.05, 4.69) is 52.3 Å². The SMILES string of the molecule is CCCCCCCCOc1ccc(C(C)(C)CC(C)(C)C)cc1S(=O)(=O)Nc1[c]cccc1. The Morgan fingerprint density at radius 1 is 0.939 bits per heavy atom. The molecule has 0 aliphatic heterocycles. The van der Waals surface area contributed by atoms with Crippen molar-refractivity contribution in [2.45, 2.75) is 96.8 Å². The summed E-state index contributed by atoms with van der Waals surface area (Å²) < 4.78 is 35.4. The van der Waals surface area contributed by atoms with Crippen LogP contribution in [-0.2, 0) is 15.4 Å². The molecule has 0 aliphatic carbocycles. The first-order chi connectivity index (χ1) is 15.4. The fourth-order valence-corrected chi connectivity index (χ4v) is 5.61. The van der Waals surface area contributed by atoms with Crippen molar-refractivity contribution in [3.63, 3.8) is 0 Å². The number of nitrogens with one attached hydrogen (secondary N) is 1. The fourth-order valence-electron chi connectivity index (χ4n) is 4.41. The highest BCUT2D eigenvalue weighted by molar-refractivity contribution is 7.92. The lowest BCUT2D eigenvalue weighted by atomic mass is 9.72. The average molecular weight is 473 g/mol. The van der Waals surface area contributed by atoms with E-state index in [0.717, 1.165) is 24.8 Å². The zero-order chi connectivity index (χ0) is 24.5. The maximum Gasteiger partial charge on any atom is 0.265 e. The smallest absolute Gasteiger partial charge is 0.265 e. The Labute approximate surface area is 202 Å². The highest BCUT2D eigenvalue weighted by Crippen LogP contribution is 2.39. The van der Waals surface area contributed by atoms with Crippen LogP contribution in [0.4, 0.5) is 5.69 Å². The normalized spacial score (nSPS) is 12.5. The van der Waals surface area contributed by atoms with E-state index in [0.29, 0.717) is 18.0 Å². The summed E-state index contributed by atoms with van der Waals surface area (Å²) in [4.78, 5) is 0.185. The summed E-state index contributed by atoms with van der Waals surface area (Å²) in [6, 6.07) is 15.5. The lowest BCUT2D eigenvalue weighted by Gasteiger charge is -2.33. The van der Waals surface area contributed by atoms with Gasteiger partial charge in [0.05, 0.1) is 12.3 Å². The predicted octanol–water partition coefficient (Wildman–Crippen LogP) is 7.74. The summed E-state index contributed by atoms with van der Waals surface area (Å²) in [6.07, 6.45) is 7.85. The van der Waals surface area contributed by atoms with Crippen molar-refractivity contribution in [3.05, 3.63) is 54.1 Å². The van der Waals surface area contributed by atoms with Crippen molar-refractivity contribution in [1.82, 2.24) is 0 Å². The van der Waals surface area contributed by atoms with E-state index in [1.54, 1.807) is 24.3 Å². The Balaban J connectivity index is 2.29. The first-order valence-electron chi connectivity index (χ1n) is 12.2. The second-order valence-corrected chi connectivity index (χ2v) is 12.4. The maximum atomic E-state index is 13.4. The van der Waals surface area contributed by atoms with E-state index in [1.807, 2.05) is 18.2 Å². The molecule has 2 aromatic rings. The van der Waals surface area contributed by atoms with Gasteiger partial charge in [0, 0.05) is 6.07 Å². The van der Waals surface area contributed by atoms with Gasteiger partial charge >= 0.3 is 0 Å². The highest BCUT2D eigenvalue weighted by atomic mass is 32.2. The van der Waals surface area contributed by atoms with Gasteiger partial charge in [0.15, 0.2) is 0 Å². The Kier molecular flexibility index (Phi) is 9.84. The van der Waals surface area contributed by atoms with Crippen molar-refractivity contribution < 1.29 is 13.2 Å². The number of ether oxygens (including phenoxy) is 1. The third-order valence-electron chi connectivity index (χ3n) is 5.70. The quantitative estimate of drug-likeness (QED) is 0.303. The molecule has 0 unspecified atom stereocenters. The molecule has 0 atom stereocenters. The lowest BCUT2D eigenvalue weighted by molar-refractivity contribution is 0.281. The topological polar surface area (TPSA) is 55.4 Å². The van der Waals surface area contributed by atoms with Gasteiger partial charge in [0.1, 0.15) is 10.6 Å². The molecule has 0 bridgehead atoms. The van der Waals surface area contributed by atoms with Crippen LogP contribution in [0.2, 0.25) is 0 Å². The number of unbranched alkanes of at least 4 members (excludes halogenated alkanes) is 5. The molecule has 0 spiro atoms. The molecule has 0 saturated carbocycles. The van der Waals surface area contributed by atoms with Gasteiger partial charge in [-0.1, -0.05) is 97.9 Å². The molecule has 2 rings (SSSR count). The van der Waals surface area contributed by atoms with Crippen LogP contribution in [0.15, 0.2) is 47.4 Å². The van der Waals surface area contributed by atoms with Gasteiger partial charge < -0.3 is 4.74 Å². The Hall–Kier alpha value is -2.01. The third-order valence-corrected chi connectivity index (χ3v) is 7.08. The van der Waals surface area contributed by atoms with Crippen molar-refractivity contribution in [2.75, 3.05) is 11.3 Å². The number of para-hydroxylation sites is 1. The summed E-state index contributed by atoms with van der Waals surface area (Å²) in [5.41, 5.74) is 1.34. The van der Waals surface area contributed by atoms with Crippen LogP contribution in [-0.4, -0.2) is 15.0 Å². The molecule has 0 fully saturated rings. The van der Waals surface area contributed by atoms with Crippen LogP contribution in [0, 0.1) is 11.5 Å². The minimum atomic E-state index is -3.83. The number of hydrogen-bond acceptors (Lipinski definition) is 3. The molecule has 1 radical (unpaired) electrons. The summed E-state index contributed by atoms with van der Waals surface area (Å²) in [6.45, 7) is 13.7. The Bertz CT molecular complexity index is 960. The van der Waals surface area contributed by atoms with E-state index in [9.17, 15) is 8.42 Å². The van der Waals surface area contributed by atoms with Crippen molar-refractivity contribution >= 4 is 15.7 Å². The Morgan fingerprint density at radius 3 is 2.27 bits per heavy atom. The summed E-state index contributed by atoms with van der Waals surface area (Å²) >= 11 is 0. The molecule has 5 heteroatoms. The minimum absolute atomic E-state index is 0.118. The van der Waals surface area contributed by atoms with Crippen LogP contribution < -0.4 is 9.46 Å². The number of rotatable bonds is 13. The first kappa shape index (κ1) is 27.2. The van der Waals surface area contributed by atoms with Crippen LogP contribution >= 0.6 is 0 Å². The van der Waals surface area contributed by atoms with Gasteiger partial charge in [-0.2, -0.15) is 0 Å². The molecule has 183 valence electrons.